The van der Waals surface area contributed by atoms with Crippen LogP contribution in [0, 0.1) is 0 Å². The van der Waals surface area contributed by atoms with E-state index in [4.69, 9.17) is 4.74 Å². The molecule has 2 heterocycles. The number of rotatable bonds is 4. The molecule has 1 N–H and O–H groups in total. The van der Waals surface area contributed by atoms with E-state index in [1.165, 1.54) is 0 Å². The summed E-state index contributed by atoms with van der Waals surface area (Å²) in [5, 5.41) is 3.12. The quantitative estimate of drug-likeness (QED) is 0.925. The molecule has 0 aliphatic carbocycles. The topological polar surface area (TPSA) is 58.6 Å². The lowest BCUT2D eigenvalue weighted by molar-refractivity contribution is -0.143. The summed E-state index contributed by atoms with van der Waals surface area (Å²) < 4.78 is 5.34. The Morgan fingerprint density at radius 3 is 2.61 bits per heavy atom. The second-order valence-corrected chi connectivity index (χ2v) is 6.25. The number of amides is 2. The Labute approximate surface area is 137 Å². The van der Waals surface area contributed by atoms with Gasteiger partial charge in [0.2, 0.25) is 11.8 Å². The van der Waals surface area contributed by atoms with Gasteiger partial charge in [-0.2, -0.15) is 0 Å². The minimum absolute atomic E-state index is 0.0710. The number of carbonyl (C=O) groups is 2. The van der Waals surface area contributed by atoms with Crippen molar-refractivity contribution in [2.75, 3.05) is 19.8 Å². The molecule has 5 nitrogen and oxygen atoms in total. The van der Waals surface area contributed by atoms with Gasteiger partial charge in [-0.3, -0.25) is 9.59 Å². The number of ether oxygens (including phenoxy) is 1. The van der Waals surface area contributed by atoms with Crippen LogP contribution in [0.15, 0.2) is 30.3 Å². The molecule has 2 aliphatic heterocycles. The molecular formula is C18H24N2O3. The zero-order valence-electron chi connectivity index (χ0n) is 13.4. The molecule has 0 unspecified atom stereocenters. The Balaban J connectivity index is 1.79. The zero-order valence-corrected chi connectivity index (χ0v) is 13.4. The molecule has 3 rings (SSSR count). The summed E-state index contributed by atoms with van der Waals surface area (Å²) in [5.74, 6) is 0.00517. The smallest absolute Gasteiger partial charge is 0.247 e. The van der Waals surface area contributed by atoms with Crippen LogP contribution in [0.5, 0.6) is 0 Å². The van der Waals surface area contributed by atoms with Crippen LogP contribution in [0.1, 0.15) is 43.7 Å². The van der Waals surface area contributed by atoms with E-state index in [0.29, 0.717) is 26.2 Å². The Kier molecular flexibility index (Phi) is 5.28. The van der Waals surface area contributed by atoms with Gasteiger partial charge in [-0.25, -0.2) is 0 Å². The molecular weight excluding hydrogens is 292 g/mol. The van der Waals surface area contributed by atoms with Crippen LogP contribution < -0.4 is 5.32 Å². The fourth-order valence-corrected chi connectivity index (χ4v) is 3.33. The molecule has 5 heteroatoms. The lowest BCUT2D eigenvalue weighted by Gasteiger charge is -2.35. The molecule has 0 spiro atoms. The SMILES string of the molecule is O=C(NC1CCOCC1)[C@H](c1ccccc1)N1CCCCC1=O. The van der Waals surface area contributed by atoms with Crippen LogP contribution in [0.2, 0.25) is 0 Å². The van der Waals surface area contributed by atoms with Crippen LogP contribution in [-0.4, -0.2) is 42.5 Å². The Hall–Kier alpha value is -1.88. The molecule has 23 heavy (non-hydrogen) atoms. The molecule has 0 aromatic heterocycles. The first-order valence-corrected chi connectivity index (χ1v) is 8.48. The third-order valence-corrected chi connectivity index (χ3v) is 4.60. The van der Waals surface area contributed by atoms with E-state index < -0.39 is 6.04 Å². The summed E-state index contributed by atoms with van der Waals surface area (Å²) in [6, 6.07) is 9.23. The van der Waals surface area contributed by atoms with E-state index in [9.17, 15) is 9.59 Å². The van der Waals surface area contributed by atoms with Crippen molar-refractivity contribution < 1.29 is 14.3 Å². The maximum atomic E-state index is 12.9. The third kappa shape index (κ3) is 3.91. The van der Waals surface area contributed by atoms with E-state index in [1.807, 2.05) is 30.3 Å². The third-order valence-electron chi connectivity index (χ3n) is 4.60. The molecule has 124 valence electrons. The lowest BCUT2D eigenvalue weighted by atomic mass is 9.99. The number of benzene rings is 1. The first-order valence-electron chi connectivity index (χ1n) is 8.48. The monoisotopic (exact) mass is 316 g/mol. The van der Waals surface area contributed by atoms with Gasteiger partial charge in [0.25, 0.3) is 0 Å². The number of nitrogens with one attached hydrogen (secondary N) is 1. The highest BCUT2D eigenvalue weighted by molar-refractivity contribution is 5.89. The first-order chi connectivity index (χ1) is 11.3. The normalized spacial score (nSPS) is 21.0. The largest absolute Gasteiger partial charge is 0.381 e. The van der Waals surface area contributed by atoms with E-state index in [0.717, 1.165) is 31.2 Å². The van der Waals surface area contributed by atoms with E-state index in [2.05, 4.69) is 5.32 Å². The molecule has 0 radical (unpaired) electrons. The summed E-state index contributed by atoms with van der Waals surface area (Å²) in [5.41, 5.74) is 0.882. The number of nitrogens with zero attached hydrogens (tertiary/aromatic N) is 1. The van der Waals surface area contributed by atoms with Crippen molar-refractivity contribution >= 4 is 11.8 Å². The minimum atomic E-state index is -0.521. The average Bonchev–Trinajstić information content (AvgIpc) is 2.59. The van der Waals surface area contributed by atoms with Crippen LogP contribution >= 0.6 is 0 Å². The van der Waals surface area contributed by atoms with Crippen LogP contribution in [0.3, 0.4) is 0 Å². The minimum Gasteiger partial charge on any atom is -0.381 e. The van der Waals surface area contributed by atoms with Crippen molar-refractivity contribution in [2.24, 2.45) is 0 Å². The van der Waals surface area contributed by atoms with E-state index in [1.54, 1.807) is 4.90 Å². The summed E-state index contributed by atoms with van der Waals surface area (Å²) in [6.45, 7) is 2.02. The fourth-order valence-electron chi connectivity index (χ4n) is 3.33. The molecule has 2 fully saturated rings. The first kappa shape index (κ1) is 16.0. The zero-order chi connectivity index (χ0) is 16.1. The average molecular weight is 316 g/mol. The fraction of sp³-hybridized carbons (Fsp3) is 0.556. The van der Waals surface area contributed by atoms with Gasteiger partial charge in [-0.15, -0.1) is 0 Å². The molecule has 1 aromatic rings. The number of carbonyl (C=O) groups excluding carboxylic acids is 2. The maximum Gasteiger partial charge on any atom is 0.247 e. The van der Waals surface area contributed by atoms with Gasteiger partial charge in [-0.05, 0) is 31.2 Å². The maximum absolute atomic E-state index is 12.9. The highest BCUT2D eigenvalue weighted by atomic mass is 16.5. The van der Waals surface area contributed by atoms with E-state index in [-0.39, 0.29) is 17.9 Å². The van der Waals surface area contributed by atoms with Gasteiger partial charge in [0, 0.05) is 32.2 Å². The predicted molar refractivity (Wildman–Crippen MR) is 86.7 cm³/mol. The number of likely N-dealkylation sites (tertiary alicyclic amines) is 1. The predicted octanol–water partition coefficient (Wildman–Crippen LogP) is 2.04. The lowest BCUT2D eigenvalue weighted by Crippen LogP contribution is -2.49. The van der Waals surface area contributed by atoms with E-state index >= 15 is 0 Å². The second kappa shape index (κ2) is 7.59. The Bertz CT molecular complexity index is 540. The molecule has 2 amide bonds. The highest BCUT2D eigenvalue weighted by Crippen LogP contribution is 2.26. The molecule has 0 bridgehead atoms. The molecule has 0 saturated carbocycles. The molecule has 1 atom stereocenters. The summed E-state index contributed by atoms with van der Waals surface area (Å²) in [7, 11) is 0. The molecule has 1 aromatic carbocycles. The van der Waals surface area contributed by atoms with Crippen molar-refractivity contribution in [3.05, 3.63) is 35.9 Å². The van der Waals surface area contributed by atoms with Gasteiger partial charge < -0.3 is 15.0 Å². The Morgan fingerprint density at radius 2 is 1.91 bits per heavy atom. The Morgan fingerprint density at radius 1 is 1.17 bits per heavy atom. The summed E-state index contributed by atoms with van der Waals surface area (Å²) in [4.78, 5) is 27.0. The van der Waals surface area contributed by atoms with Gasteiger partial charge in [0.15, 0.2) is 0 Å². The second-order valence-electron chi connectivity index (χ2n) is 6.25. The van der Waals surface area contributed by atoms with Crippen molar-refractivity contribution in [3.8, 4) is 0 Å². The summed E-state index contributed by atoms with van der Waals surface area (Å²) in [6.07, 6.45) is 4.08. The van der Waals surface area contributed by atoms with Gasteiger partial charge >= 0.3 is 0 Å². The van der Waals surface area contributed by atoms with Crippen molar-refractivity contribution in [1.82, 2.24) is 10.2 Å². The van der Waals surface area contributed by atoms with Gasteiger partial charge in [-0.1, -0.05) is 30.3 Å². The van der Waals surface area contributed by atoms with Crippen LogP contribution in [0.25, 0.3) is 0 Å². The highest BCUT2D eigenvalue weighted by Gasteiger charge is 2.33. The van der Waals surface area contributed by atoms with Crippen molar-refractivity contribution in [2.45, 2.75) is 44.2 Å². The number of hydrogen-bond donors (Lipinski definition) is 1. The van der Waals surface area contributed by atoms with Gasteiger partial charge in [0.05, 0.1) is 0 Å². The molecule has 2 saturated heterocycles. The number of hydrogen-bond acceptors (Lipinski definition) is 3. The van der Waals surface area contributed by atoms with Crippen molar-refractivity contribution in [1.29, 1.82) is 0 Å². The van der Waals surface area contributed by atoms with Crippen LogP contribution in [-0.2, 0) is 14.3 Å². The number of piperidine rings is 1. The van der Waals surface area contributed by atoms with Crippen molar-refractivity contribution in [3.63, 3.8) is 0 Å². The standard InChI is InChI=1S/C18H24N2O3/c21-16-8-4-5-11-20(16)17(14-6-2-1-3-7-14)18(22)19-15-9-12-23-13-10-15/h1-3,6-7,15,17H,4-5,8-13H2,(H,19,22)/t17-/m0/s1. The van der Waals surface area contributed by atoms with Crippen LogP contribution in [0.4, 0.5) is 0 Å². The summed E-state index contributed by atoms with van der Waals surface area (Å²) >= 11 is 0. The molecule has 2 aliphatic rings. The van der Waals surface area contributed by atoms with Gasteiger partial charge in [0.1, 0.15) is 6.04 Å².